The number of hydrogen-bond acceptors (Lipinski definition) is 20. The standard InChI is InChI=1S/2C22H23ClN6O5S2/c2*1-13(19(34-4)21-25-12-17(23)35-21)36(30,31)28-22-27-26-20(14-7-6-10-24-11-14)29(22)18-15(32-2)8-5-9-16(18)33-3/h2*5-13,19H,1-4H3,(H,27,28)/t2*13-,19-/m10/s1. The van der Waals surface area contributed by atoms with Gasteiger partial charge >= 0.3 is 0 Å². The fourth-order valence-corrected chi connectivity index (χ4v) is 11.8. The van der Waals surface area contributed by atoms with E-state index < -0.39 is 42.8 Å². The van der Waals surface area contributed by atoms with Gasteiger partial charge in [0, 0.05) is 50.1 Å². The molecule has 0 unspecified atom stereocenters. The number of halogens is 2. The number of nitrogens with zero attached hydrogens (tertiary/aromatic N) is 10. The van der Waals surface area contributed by atoms with Crippen LogP contribution < -0.4 is 28.4 Å². The maximum absolute atomic E-state index is 13.5. The number of aromatic nitrogens is 10. The van der Waals surface area contributed by atoms with Crippen molar-refractivity contribution < 1.29 is 45.3 Å². The second-order valence-electron chi connectivity index (χ2n) is 14.9. The molecule has 0 spiro atoms. The number of sulfonamides is 2. The molecule has 0 amide bonds. The summed E-state index contributed by atoms with van der Waals surface area (Å²) in [6, 6.07) is 17.4. The first-order chi connectivity index (χ1) is 34.6. The molecule has 0 radical (unpaired) electrons. The monoisotopic (exact) mass is 1100 g/mol. The number of methoxy groups -OCH3 is 6. The molecule has 22 nitrogen and oxygen atoms in total. The molecule has 0 aliphatic rings. The van der Waals surface area contributed by atoms with Crippen molar-refractivity contribution in [2.75, 3.05) is 52.1 Å². The average Bonchev–Trinajstić information content (AvgIpc) is 4.22. The Kier molecular flexibility index (Phi) is 17.3. The number of para-hydroxylation sites is 2. The van der Waals surface area contributed by atoms with Gasteiger partial charge in [-0.25, -0.2) is 26.8 Å². The summed E-state index contributed by atoms with van der Waals surface area (Å²) in [7, 11) is 0.677. The topological polar surface area (TPSA) is 261 Å². The minimum atomic E-state index is -4.07. The molecule has 0 bridgehead atoms. The number of benzene rings is 2. The Balaban J connectivity index is 0.000000211. The van der Waals surface area contributed by atoms with Crippen molar-refractivity contribution in [3.05, 3.63) is 117 Å². The molecular formula is C44H46Cl2N12O10S4. The Hall–Kier alpha value is -6.52. The molecule has 6 heterocycles. The molecule has 0 aliphatic carbocycles. The molecule has 6 aromatic heterocycles. The van der Waals surface area contributed by atoms with Crippen LogP contribution in [0.15, 0.2) is 97.8 Å². The van der Waals surface area contributed by atoms with E-state index in [-0.39, 0.29) is 11.9 Å². The average molecular weight is 1100 g/mol. The third kappa shape index (κ3) is 11.4. The zero-order chi connectivity index (χ0) is 51.7. The molecule has 2 N–H and O–H groups in total. The Bertz CT molecular complexity index is 3060. The Morgan fingerprint density at radius 2 is 0.889 bits per heavy atom. The van der Waals surface area contributed by atoms with E-state index in [9.17, 15) is 16.8 Å². The van der Waals surface area contributed by atoms with Crippen molar-refractivity contribution in [1.29, 1.82) is 0 Å². The predicted octanol–water partition coefficient (Wildman–Crippen LogP) is 7.95. The molecule has 2 aromatic carbocycles. The Morgan fingerprint density at radius 3 is 1.17 bits per heavy atom. The van der Waals surface area contributed by atoms with Crippen LogP contribution in [0.1, 0.15) is 36.1 Å². The van der Waals surface area contributed by atoms with Gasteiger partial charge in [-0.15, -0.1) is 43.1 Å². The summed E-state index contributed by atoms with van der Waals surface area (Å²) in [5.41, 5.74) is 2.02. The summed E-state index contributed by atoms with van der Waals surface area (Å²) < 4.78 is 96.3. The molecule has 0 saturated carbocycles. The highest BCUT2D eigenvalue weighted by molar-refractivity contribution is 7.93. The number of rotatable bonds is 20. The van der Waals surface area contributed by atoms with E-state index in [1.807, 2.05) is 0 Å². The van der Waals surface area contributed by atoms with Gasteiger partial charge in [0.25, 0.3) is 0 Å². The van der Waals surface area contributed by atoms with Crippen molar-refractivity contribution in [3.8, 4) is 57.1 Å². The Morgan fingerprint density at radius 1 is 0.528 bits per heavy atom. The number of thiazole rings is 2. The molecule has 0 saturated heterocycles. The first-order valence-electron chi connectivity index (χ1n) is 21.1. The lowest BCUT2D eigenvalue weighted by Crippen LogP contribution is -2.32. The number of ether oxygens (including phenoxy) is 6. The lowest BCUT2D eigenvalue weighted by Gasteiger charge is -2.22. The second-order valence-corrected chi connectivity index (χ2v) is 22.4. The van der Waals surface area contributed by atoms with E-state index in [1.54, 1.807) is 85.5 Å². The van der Waals surface area contributed by atoms with Crippen LogP contribution >= 0.6 is 45.9 Å². The van der Waals surface area contributed by atoms with Gasteiger partial charge in [0.1, 0.15) is 75.8 Å². The van der Waals surface area contributed by atoms with Gasteiger partial charge in [-0.05, 0) is 62.4 Å². The third-order valence-corrected chi connectivity index (χ3v) is 16.4. The molecule has 0 aliphatic heterocycles. The summed E-state index contributed by atoms with van der Waals surface area (Å²) in [5, 5.41) is 15.6. The van der Waals surface area contributed by atoms with Crippen molar-refractivity contribution in [2.45, 2.75) is 36.6 Å². The second kappa shape index (κ2) is 23.4. The van der Waals surface area contributed by atoms with Gasteiger partial charge in [-0.3, -0.25) is 28.5 Å². The van der Waals surface area contributed by atoms with Crippen LogP contribution in [0.25, 0.3) is 34.2 Å². The summed E-state index contributed by atoms with van der Waals surface area (Å²) in [4.78, 5) is 16.7. The summed E-state index contributed by atoms with van der Waals surface area (Å²) in [5.74, 6) is 2.17. The number of pyridine rings is 2. The van der Waals surface area contributed by atoms with E-state index in [4.69, 9.17) is 51.6 Å². The molecule has 8 aromatic rings. The van der Waals surface area contributed by atoms with Crippen LogP contribution in [-0.2, 0) is 29.5 Å². The largest absolute Gasteiger partial charge is 0.494 e. The van der Waals surface area contributed by atoms with Gasteiger partial charge < -0.3 is 28.4 Å². The van der Waals surface area contributed by atoms with Crippen LogP contribution in [0.2, 0.25) is 8.67 Å². The van der Waals surface area contributed by atoms with Crippen molar-refractivity contribution in [1.82, 2.24) is 49.5 Å². The summed E-state index contributed by atoms with van der Waals surface area (Å²) in [6.07, 6.45) is 7.59. The maximum Gasteiger partial charge on any atom is 0.243 e. The summed E-state index contributed by atoms with van der Waals surface area (Å²) >= 11 is 14.3. The van der Waals surface area contributed by atoms with Gasteiger partial charge in [-0.1, -0.05) is 35.3 Å². The van der Waals surface area contributed by atoms with Gasteiger partial charge in [0.05, 0.1) is 40.8 Å². The predicted molar refractivity (Wildman–Crippen MR) is 273 cm³/mol. The van der Waals surface area contributed by atoms with E-state index in [0.717, 1.165) is 22.7 Å². The minimum absolute atomic E-state index is 0.0736. The zero-order valence-electron chi connectivity index (χ0n) is 39.5. The summed E-state index contributed by atoms with van der Waals surface area (Å²) in [6.45, 7) is 3.02. The van der Waals surface area contributed by atoms with Crippen LogP contribution in [0.5, 0.6) is 23.0 Å². The van der Waals surface area contributed by atoms with Crippen molar-refractivity contribution in [3.63, 3.8) is 0 Å². The van der Waals surface area contributed by atoms with E-state index in [2.05, 4.69) is 49.8 Å². The van der Waals surface area contributed by atoms with Crippen LogP contribution in [0.3, 0.4) is 0 Å². The molecule has 72 heavy (non-hydrogen) atoms. The normalized spacial score (nSPS) is 13.2. The molecule has 8 rings (SSSR count). The van der Waals surface area contributed by atoms with Gasteiger partial charge in [0.15, 0.2) is 11.6 Å². The Labute approximate surface area is 432 Å². The highest BCUT2D eigenvalue weighted by Gasteiger charge is 2.37. The van der Waals surface area contributed by atoms with Gasteiger partial charge in [0.2, 0.25) is 31.9 Å². The minimum Gasteiger partial charge on any atom is -0.494 e. The highest BCUT2D eigenvalue weighted by Crippen LogP contribution is 2.41. The molecule has 0 fully saturated rings. The maximum atomic E-state index is 13.5. The van der Waals surface area contributed by atoms with Crippen LogP contribution in [-0.4, -0.2) is 119 Å². The lowest BCUT2D eigenvalue weighted by atomic mass is 10.2. The van der Waals surface area contributed by atoms with E-state index in [0.29, 0.717) is 75.8 Å². The van der Waals surface area contributed by atoms with Gasteiger partial charge in [-0.2, -0.15) is 0 Å². The lowest BCUT2D eigenvalue weighted by molar-refractivity contribution is 0.102. The molecule has 28 heteroatoms. The number of anilines is 2. The fraction of sp³-hybridized carbons (Fsp3) is 0.273. The van der Waals surface area contributed by atoms with E-state index >= 15 is 0 Å². The van der Waals surface area contributed by atoms with Crippen LogP contribution in [0, 0.1) is 0 Å². The van der Waals surface area contributed by atoms with Crippen molar-refractivity contribution in [2.24, 2.45) is 0 Å². The first kappa shape index (κ1) is 53.3. The van der Waals surface area contributed by atoms with Crippen LogP contribution in [0.4, 0.5) is 11.9 Å². The first-order valence-corrected chi connectivity index (χ1v) is 26.5. The fourth-order valence-electron chi connectivity index (χ4n) is 7.14. The third-order valence-electron chi connectivity index (χ3n) is 10.7. The quantitative estimate of drug-likeness (QED) is 0.0733. The number of nitrogens with one attached hydrogen (secondary N) is 2. The van der Waals surface area contributed by atoms with Crippen molar-refractivity contribution >= 4 is 77.8 Å². The smallest absolute Gasteiger partial charge is 0.243 e. The highest BCUT2D eigenvalue weighted by atomic mass is 35.5. The zero-order valence-corrected chi connectivity index (χ0v) is 44.3. The SMILES string of the molecule is COc1cccc(OC)c1-n1c(NS(=O)(=O)[C@@H](C)[C@H](OC)c2ncc(Cl)s2)nnc1-c1cccnc1.COc1cccc(OC)c1-n1c(NS(=O)(=O)[C@H](C)[C@@H](OC)c2ncc(Cl)s2)nnc1-c1cccnc1. The molecule has 380 valence electrons. The molecule has 4 atom stereocenters. The molecular weight excluding hydrogens is 1060 g/mol. The van der Waals surface area contributed by atoms with E-state index in [1.165, 1.54) is 78.0 Å². The number of hydrogen-bond donors (Lipinski definition) is 2.